The SMILES string of the molecule is CN(CC(F)(F)F)S(=O)(=O)CCNC1CC1. The Labute approximate surface area is 92.9 Å². The van der Waals surface area contributed by atoms with Gasteiger partial charge in [-0.1, -0.05) is 0 Å². The van der Waals surface area contributed by atoms with Gasteiger partial charge in [0.25, 0.3) is 0 Å². The molecule has 1 rings (SSSR count). The highest BCUT2D eigenvalue weighted by atomic mass is 32.2. The second kappa shape index (κ2) is 4.89. The summed E-state index contributed by atoms with van der Waals surface area (Å²) in [5, 5.41) is 2.94. The van der Waals surface area contributed by atoms with E-state index in [4.69, 9.17) is 0 Å². The van der Waals surface area contributed by atoms with E-state index in [0.29, 0.717) is 10.3 Å². The Morgan fingerprint density at radius 3 is 2.38 bits per heavy atom. The molecule has 0 unspecified atom stereocenters. The van der Waals surface area contributed by atoms with Gasteiger partial charge in [-0.05, 0) is 12.8 Å². The largest absolute Gasteiger partial charge is 0.402 e. The third-order valence-electron chi connectivity index (χ3n) is 2.25. The zero-order valence-corrected chi connectivity index (χ0v) is 9.74. The van der Waals surface area contributed by atoms with Gasteiger partial charge in [-0.2, -0.15) is 17.5 Å². The predicted molar refractivity (Wildman–Crippen MR) is 53.5 cm³/mol. The third kappa shape index (κ3) is 5.13. The highest BCUT2D eigenvalue weighted by molar-refractivity contribution is 7.89. The average molecular weight is 260 g/mol. The highest BCUT2D eigenvalue weighted by Gasteiger charge is 2.34. The van der Waals surface area contributed by atoms with Crippen molar-refractivity contribution >= 4 is 10.0 Å². The lowest BCUT2D eigenvalue weighted by Gasteiger charge is -2.18. The highest BCUT2D eigenvalue weighted by Crippen LogP contribution is 2.19. The quantitative estimate of drug-likeness (QED) is 0.759. The van der Waals surface area contributed by atoms with E-state index < -0.39 is 22.7 Å². The number of rotatable bonds is 6. The molecular weight excluding hydrogens is 245 g/mol. The standard InChI is InChI=1S/C8H15F3N2O2S/c1-13(6-8(9,10)11)16(14,15)5-4-12-7-2-3-7/h7,12H,2-6H2,1H3. The lowest BCUT2D eigenvalue weighted by molar-refractivity contribution is -0.134. The summed E-state index contributed by atoms with van der Waals surface area (Å²) < 4.78 is 59.1. The fourth-order valence-corrected chi connectivity index (χ4v) is 2.22. The molecule has 0 aromatic heterocycles. The van der Waals surface area contributed by atoms with Gasteiger partial charge in [0.15, 0.2) is 0 Å². The van der Waals surface area contributed by atoms with Gasteiger partial charge in [0.1, 0.15) is 6.54 Å². The molecule has 0 radical (unpaired) electrons. The van der Waals surface area contributed by atoms with Crippen molar-refractivity contribution in [2.45, 2.75) is 25.1 Å². The van der Waals surface area contributed by atoms with E-state index >= 15 is 0 Å². The van der Waals surface area contributed by atoms with E-state index in [-0.39, 0.29) is 12.3 Å². The molecule has 0 aliphatic heterocycles. The summed E-state index contributed by atoms with van der Waals surface area (Å²) in [6, 6.07) is 0.350. The van der Waals surface area contributed by atoms with Gasteiger partial charge >= 0.3 is 6.18 Å². The van der Waals surface area contributed by atoms with Crippen LogP contribution in [0.1, 0.15) is 12.8 Å². The van der Waals surface area contributed by atoms with Crippen LogP contribution in [0.25, 0.3) is 0 Å². The third-order valence-corrected chi connectivity index (χ3v) is 4.05. The number of halogens is 3. The Kier molecular flexibility index (Phi) is 4.19. The summed E-state index contributed by atoms with van der Waals surface area (Å²) in [5.74, 6) is -0.296. The molecule has 4 nitrogen and oxygen atoms in total. The van der Waals surface area contributed by atoms with Crippen molar-refractivity contribution in [2.75, 3.05) is 25.9 Å². The zero-order valence-electron chi connectivity index (χ0n) is 8.92. The molecule has 0 spiro atoms. The molecule has 1 fully saturated rings. The van der Waals surface area contributed by atoms with E-state index in [9.17, 15) is 21.6 Å². The van der Waals surface area contributed by atoms with Crippen molar-refractivity contribution in [3.63, 3.8) is 0 Å². The molecule has 0 aromatic carbocycles. The van der Waals surface area contributed by atoms with Crippen molar-refractivity contribution in [2.24, 2.45) is 0 Å². The van der Waals surface area contributed by atoms with Gasteiger partial charge in [0, 0.05) is 19.6 Å². The number of alkyl halides is 3. The molecule has 0 amide bonds. The maximum absolute atomic E-state index is 12.0. The fraction of sp³-hybridized carbons (Fsp3) is 1.00. The van der Waals surface area contributed by atoms with Crippen LogP contribution < -0.4 is 5.32 Å². The summed E-state index contributed by atoms with van der Waals surface area (Å²) in [6.07, 6.45) is -2.47. The zero-order chi connectivity index (χ0) is 12.4. The molecule has 8 heteroatoms. The van der Waals surface area contributed by atoms with Crippen LogP contribution in [0.15, 0.2) is 0 Å². The van der Waals surface area contributed by atoms with E-state index in [1.54, 1.807) is 0 Å². The van der Waals surface area contributed by atoms with Crippen LogP contribution in [0.2, 0.25) is 0 Å². The summed E-state index contributed by atoms with van der Waals surface area (Å²) in [5.41, 5.74) is 0. The molecule has 0 bridgehead atoms. The molecule has 1 N–H and O–H groups in total. The van der Waals surface area contributed by atoms with Crippen molar-refractivity contribution < 1.29 is 21.6 Å². The molecule has 0 heterocycles. The molecule has 16 heavy (non-hydrogen) atoms. The van der Waals surface area contributed by atoms with E-state index in [1.165, 1.54) is 0 Å². The topological polar surface area (TPSA) is 49.4 Å². The van der Waals surface area contributed by atoms with Gasteiger partial charge in [-0.25, -0.2) is 8.42 Å². The summed E-state index contributed by atoms with van der Waals surface area (Å²) in [7, 11) is -2.87. The van der Waals surface area contributed by atoms with Crippen molar-refractivity contribution in [3.8, 4) is 0 Å². The average Bonchev–Trinajstić information content (AvgIpc) is 2.84. The van der Waals surface area contributed by atoms with Gasteiger partial charge < -0.3 is 5.32 Å². The number of hydrogen-bond donors (Lipinski definition) is 1. The predicted octanol–water partition coefficient (Wildman–Crippen LogP) is 0.562. The lowest BCUT2D eigenvalue weighted by atomic mass is 10.6. The number of hydrogen-bond acceptors (Lipinski definition) is 3. The van der Waals surface area contributed by atoms with Gasteiger partial charge in [-0.15, -0.1) is 0 Å². The maximum Gasteiger partial charge on any atom is 0.402 e. The normalized spacial score (nSPS) is 18.1. The molecule has 1 aliphatic rings. The van der Waals surface area contributed by atoms with Gasteiger partial charge in [0.2, 0.25) is 10.0 Å². The summed E-state index contributed by atoms with van der Waals surface area (Å²) >= 11 is 0. The van der Waals surface area contributed by atoms with Crippen LogP contribution in [0.5, 0.6) is 0 Å². The second-order valence-corrected chi connectivity index (χ2v) is 6.11. The van der Waals surface area contributed by atoms with Crippen LogP contribution in [0, 0.1) is 0 Å². The van der Waals surface area contributed by atoms with Gasteiger partial charge in [-0.3, -0.25) is 0 Å². The Morgan fingerprint density at radius 1 is 1.38 bits per heavy atom. The first-order valence-corrected chi connectivity index (χ1v) is 6.56. The number of sulfonamides is 1. The minimum atomic E-state index is -4.49. The minimum absolute atomic E-state index is 0.204. The van der Waals surface area contributed by atoms with Crippen molar-refractivity contribution in [1.82, 2.24) is 9.62 Å². The molecule has 0 saturated heterocycles. The van der Waals surface area contributed by atoms with Crippen LogP contribution in [-0.4, -0.2) is 50.8 Å². The summed E-state index contributed by atoms with van der Waals surface area (Å²) in [6.45, 7) is -1.23. The molecule has 0 aromatic rings. The maximum atomic E-state index is 12.0. The molecular formula is C8H15F3N2O2S. The Hall–Kier alpha value is -0.340. The first-order valence-electron chi connectivity index (χ1n) is 4.95. The fourth-order valence-electron chi connectivity index (χ4n) is 1.19. The first kappa shape index (κ1) is 13.7. The van der Waals surface area contributed by atoms with Crippen LogP contribution in [-0.2, 0) is 10.0 Å². The van der Waals surface area contributed by atoms with E-state index in [1.807, 2.05) is 0 Å². The van der Waals surface area contributed by atoms with Crippen LogP contribution in [0.4, 0.5) is 13.2 Å². The van der Waals surface area contributed by atoms with Crippen LogP contribution in [0.3, 0.4) is 0 Å². The van der Waals surface area contributed by atoms with Crippen molar-refractivity contribution in [1.29, 1.82) is 0 Å². The van der Waals surface area contributed by atoms with E-state index in [2.05, 4.69) is 5.32 Å². The molecule has 96 valence electrons. The second-order valence-electron chi connectivity index (χ2n) is 3.92. The minimum Gasteiger partial charge on any atom is -0.313 e. The molecule has 1 saturated carbocycles. The van der Waals surface area contributed by atoms with Crippen LogP contribution >= 0.6 is 0 Å². The Morgan fingerprint density at radius 2 is 1.94 bits per heavy atom. The Bertz CT molecular complexity index is 325. The number of nitrogens with one attached hydrogen (secondary N) is 1. The van der Waals surface area contributed by atoms with E-state index in [0.717, 1.165) is 19.9 Å². The van der Waals surface area contributed by atoms with Gasteiger partial charge in [0.05, 0.1) is 5.75 Å². The number of nitrogens with zero attached hydrogens (tertiary/aromatic N) is 1. The lowest BCUT2D eigenvalue weighted by Crippen LogP contribution is -2.39. The first-order chi connectivity index (χ1) is 7.21. The Balaban J connectivity index is 2.35. The van der Waals surface area contributed by atoms with Crippen molar-refractivity contribution in [3.05, 3.63) is 0 Å². The molecule has 1 aliphatic carbocycles. The summed E-state index contributed by atoms with van der Waals surface area (Å²) in [4.78, 5) is 0. The smallest absolute Gasteiger partial charge is 0.313 e. The molecule has 0 atom stereocenters. The monoisotopic (exact) mass is 260 g/mol.